The molecule has 3 heterocycles. The van der Waals surface area contributed by atoms with Crippen LogP contribution in [0.15, 0.2) is 48.5 Å². The number of para-hydroxylation sites is 1. The summed E-state index contributed by atoms with van der Waals surface area (Å²) in [4.78, 5) is 11.1. The van der Waals surface area contributed by atoms with Gasteiger partial charge in [0.15, 0.2) is 11.6 Å². The molecule has 170 valence electrons. The van der Waals surface area contributed by atoms with Gasteiger partial charge < -0.3 is 15.0 Å². The average Bonchev–Trinajstić information content (AvgIpc) is 3.23. The fraction of sp³-hybridized carbons (Fsp3) is 0.261. The van der Waals surface area contributed by atoms with Crippen LogP contribution in [0.1, 0.15) is 11.1 Å². The third kappa shape index (κ3) is 4.09. The zero-order valence-electron chi connectivity index (χ0n) is 17.8. The topological polar surface area (TPSA) is 79.0 Å². The van der Waals surface area contributed by atoms with E-state index in [1.807, 2.05) is 36.1 Å². The lowest BCUT2D eigenvalue weighted by Gasteiger charge is -2.30. The lowest BCUT2D eigenvalue weighted by molar-refractivity contribution is -0.137. The van der Waals surface area contributed by atoms with Gasteiger partial charge >= 0.3 is 6.18 Å². The zero-order valence-corrected chi connectivity index (χ0v) is 17.8. The summed E-state index contributed by atoms with van der Waals surface area (Å²) in [7, 11) is 0. The molecular formula is C23H21F3N6O. The van der Waals surface area contributed by atoms with Crippen LogP contribution in [0.25, 0.3) is 22.3 Å². The number of fused-ring (bicyclic) bond motifs is 1. The van der Waals surface area contributed by atoms with Crippen molar-refractivity contribution in [3.05, 3.63) is 59.7 Å². The molecule has 0 radical (unpaired) electrons. The highest BCUT2D eigenvalue weighted by Crippen LogP contribution is 2.38. The summed E-state index contributed by atoms with van der Waals surface area (Å²) in [5, 5.41) is 11.3. The molecule has 10 heteroatoms. The molecule has 1 aliphatic heterocycles. The minimum Gasteiger partial charge on any atom is -0.378 e. The predicted molar refractivity (Wildman–Crippen MR) is 120 cm³/mol. The number of nitrogens with one attached hydrogen (secondary N) is 2. The van der Waals surface area contributed by atoms with E-state index >= 15 is 0 Å². The molecule has 33 heavy (non-hydrogen) atoms. The number of anilines is 3. The molecular weight excluding hydrogens is 433 g/mol. The minimum atomic E-state index is -4.53. The maximum Gasteiger partial charge on any atom is 0.417 e. The van der Waals surface area contributed by atoms with Gasteiger partial charge in [0.2, 0.25) is 0 Å². The Balaban J connectivity index is 1.66. The van der Waals surface area contributed by atoms with E-state index in [0.717, 1.165) is 22.5 Å². The van der Waals surface area contributed by atoms with Crippen LogP contribution < -0.4 is 10.2 Å². The number of H-pyrrole nitrogens is 1. The summed E-state index contributed by atoms with van der Waals surface area (Å²) >= 11 is 0. The Kier molecular flexibility index (Phi) is 5.37. The van der Waals surface area contributed by atoms with Crippen LogP contribution in [-0.2, 0) is 10.9 Å². The van der Waals surface area contributed by atoms with E-state index in [1.165, 1.54) is 12.1 Å². The molecule has 0 atom stereocenters. The molecule has 2 aromatic heterocycles. The third-order valence-electron chi connectivity index (χ3n) is 5.61. The van der Waals surface area contributed by atoms with Crippen LogP contribution in [-0.4, -0.2) is 46.5 Å². The number of morpholine rings is 1. The average molecular weight is 454 g/mol. The van der Waals surface area contributed by atoms with Crippen molar-refractivity contribution in [3.8, 4) is 11.4 Å². The Morgan fingerprint density at radius 1 is 0.970 bits per heavy atom. The Hall–Kier alpha value is -3.66. The first-order valence-electron chi connectivity index (χ1n) is 10.5. The number of aromatic amines is 1. The fourth-order valence-corrected chi connectivity index (χ4v) is 3.93. The number of nitrogens with zero attached hydrogens (tertiary/aromatic N) is 4. The fourth-order valence-electron chi connectivity index (χ4n) is 3.93. The van der Waals surface area contributed by atoms with Crippen LogP contribution in [0.2, 0.25) is 0 Å². The highest BCUT2D eigenvalue weighted by molar-refractivity contribution is 5.91. The number of halogens is 3. The molecule has 0 amide bonds. The van der Waals surface area contributed by atoms with Crippen LogP contribution in [0.5, 0.6) is 0 Å². The van der Waals surface area contributed by atoms with Gasteiger partial charge in [-0.2, -0.15) is 18.3 Å². The molecule has 7 nitrogen and oxygen atoms in total. The summed E-state index contributed by atoms with van der Waals surface area (Å²) in [5.74, 6) is 1.51. The van der Waals surface area contributed by atoms with E-state index < -0.39 is 11.7 Å². The summed E-state index contributed by atoms with van der Waals surface area (Å²) in [5.41, 5.74) is 0.701. The number of hydrogen-bond donors (Lipinski definition) is 2. The Bertz CT molecular complexity index is 1300. The van der Waals surface area contributed by atoms with E-state index in [4.69, 9.17) is 4.74 Å². The van der Waals surface area contributed by atoms with Gasteiger partial charge in [0.05, 0.1) is 24.3 Å². The molecule has 0 aliphatic carbocycles. The summed E-state index contributed by atoms with van der Waals surface area (Å²) in [6, 6.07) is 12.9. The van der Waals surface area contributed by atoms with Gasteiger partial charge in [0.25, 0.3) is 0 Å². The SMILES string of the molecule is Cc1c(Nc2n[nH]c3ccccc23)nc(-c2ccccc2C(F)(F)F)nc1N1CCOCC1. The second kappa shape index (κ2) is 8.36. The van der Waals surface area contributed by atoms with Gasteiger partial charge in [-0.15, -0.1) is 0 Å². The Morgan fingerprint density at radius 3 is 2.48 bits per heavy atom. The van der Waals surface area contributed by atoms with Gasteiger partial charge in [-0.25, -0.2) is 9.97 Å². The number of alkyl halides is 3. The predicted octanol–water partition coefficient (Wildman–Crippen LogP) is 4.93. The maximum atomic E-state index is 13.7. The number of ether oxygens (including phenoxy) is 1. The molecule has 1 fully saturated rings. The second-order valence-corrected chi connectivity index (χ2v) is 7.73. The standard InChI is InChI=1S/C23H21F3N6O/c1-14-19(28-21-16-7-3-5-9-18(16)30-31-21)27-20(29-22(14)32-10-12-33-13-11-32)15-6-2-4-8-17(15)23(24,25)26/h2-9H,10-13H2,1H3,(H2,27,28,29,30,31). The first-order valence-corrected chi connectivity index (χ1v) is 10.5. The number of aromatic nitrogens is 4. The second-order valence-electron chi connectivity index (χ2n) is 7.73. The van der Waals surface area contributed by atoms with Crippen molar-refractivity contribution >= 4 is 28.4 Å². The molecule has 2 N–H and O–H groups in total. The normalized spacial score (nSPS) is 14.6. The largest absolute Gasteiger partial charge is 0.417 e. The van der Waals surface area contributed by atoms with E-state index in [1.54, 1.807) is 6.07 Å². The molecule has 0 unspecified atom stereocenters. The lowest BCUT2D eigenvalue weighted by Crippen LogP contribution is -2.37. The summed E-state index contributed by atoms with van der Waals surface area (Å²) < 4.78 is 46.6. The lowest BCUT2D eigenvalue weighted by atomic mass is 10.1. The van der Waals surface area contributed by atoms with Crippen molar-refractivity contribution < 1.29 is 17.9 Å². The smallest absolute Gasteiger partial charge is 0.378 e. The Morgan fingerprint density at radius 2 is 1.70 bits per heavy atom. The zero-order chi connectivity index (χ0) is 23.0. The van der Waals surface area contributed by atoms with Crippen LogP contribution >= 0.6 is 0 Å². The molecule has 0 bridgehead atoms. The summed E-state index contributed by atoms with van der Waals surface area (Å²) in [6.45, 7) is 4.06. The minimum absolute atomic E-state index is 0.00245. The molecule has 5 rings (SSSR count). The molecule has 1 aliphatic rings. The molecule has 2 aromatic carbocycles. The van der Waals surface area contributed by atoms with Gasteiger partial charge in [0, 0.05) is 29.6 Å². The quantitative estimate of drug-likeness (QED) is 0.455. The highest BCUT2D eigenvalue weighted by Gasteiger charge is 2.34. The van der Waals surface area contributed by atoms with Gasteiger partial charge in [-0.05, 0) is 25.1 Å². The van der Waals surface area contributed by atoms with Crippen molar-refractivity contribution in [3.63, 3.8) is 0 Å². The van der Waals surface area contributed by atoms with Gasteiger partial charge in [-0.1, -0.05) is 30.3 Å². The van der Waals surface area contributed by atoms with Crippen LogP contribution in [0.3, 0.4) is 0 Å². The van der Waals surface area contributed by atoms with Crippen LogP contribution in [0.4, 0.5) is 30.6 Å². The molecule has 0 spiro atoms. The molecule has 1 saturated heterocycles. The van der Waals surface area contributed by atoms with Crippen molar-refractivity contribution in [1.82, 2.24) is 20.2 Å². The third-order valence-corrected chi connectivity index (χ3v) is 5.61. The molecule has 4 aromatic rings. The van der Waals surface area contributed by atoms with Crippen molar-refractivity contribution in [2.45, 2.75) is 13.1 Å². The first kappa shape index (κ1) is 21.2. The molecule has 0 saturated carbocycles. The first-order chi connectivity index (χ1) is 15.9. The number of benzene rings is 2. The van der Waals surface area contributed by atoms with Crippen LogP contribution in [0, 0.1) is 6.92 Å². The maximum absolute atomic E-state index is 13.7. The van der Waals surface area contributed by atoms with Crippen molar-refractivity contribution in [2.24, 2.45) is 0 Å². The van der Waals surface area contributed by atoms with Gasteiger partial charge in [0.1, 0.15) is 11.6 Å². The van der Waals surface area contributed by atoms with E-state index in [9.17, 15) is 13.2 Å². The number of rotatable bonds is 4. The van der Waals surface area contributed by atoms with Gasteiger partial charge in [-0.3, -0.25) is 5.10 Å². The van der Waals surface area contributed by atoms with Crippen molar-refractivity contribution in [2.75, 3.05) is 36.5 Å². The highest BCUT2D eigenvalue weighted by atomic mass is 19.4. The Labute approximate surface area is 187 Å². The van der Waals surface area contributed by atoms with Crippen molar-refractivity contribution in [1.29, 1.82) is 0 Å². The van der Waals surface area contributed by atoms with E-state index in [-0.39, 0.29) is 11.4 Å². The van der Waals surface area contributed by atoms with E-state index in [0.29, 0.717) is 43.8 Å². The van der Waals surface area contributed by atoms with E-state index in [2.05, 4.69) is 25.5 Å². The summed E-state index contributed by atoms with van der Waals surface area (Å²) in [6.07, 6.45) is -4.53. The monoisotopic (exact) mass is 454 g/mol. The number of hydrogen-bond acceptors (Lipinski definition) is 6.